The van der Waals surface area contributed by atoms with Crippen LogP contribution in [0.15, 0.2) is 40.9 Å². The van der Waals surface area contributed by atoms with Crippen LogP contribution in [0.5, 0.6) is 5.75 Å². The molecule has 1 aromatic rings. The van der Waals surface area contributed by atoms with E-state index in [1.807, 2.05) is 0 Å². The third-order valence-electron chi connectivity index (χ3n) is 2.15. The van der Waals surface area contributed by atoms with Crippen LogP contribution in [-0.4, -0.2) is 31.6 Å². The molecule has 0 aromatic heterocycles. The molecule has 0 radical (unpaired) electrons. The molecule has 21 heavy (non-hydrogen) atoms. The Morgan fingerprint density at radius 2 is 1.71 bits per heavy atom. The van der Waals surface area contributed by atoms with Gasteiger partial charge >= 0.3 is 17.9 Å². The zero-order valence-corrected chi connectivity index (χ0v) is 12.8. The molecule has 0 saturated heterocycles. The number of methoxy groups -OCH3 is 1. The highest BCUT2D eigenvalue weighted by atomic mass is 79.9. The Labute approximate surface area is 129 Å². The van der Waals surface area contributed by atoms with Crippen molar-refractivity contribution in [2.45, 2.75) is 6.42 Å². The van der Waals surface area contributed by atoms with Crippen molar-refractivity contribution < 1.29 is 28.6 Å². The number of carbonyl (C=O) groups is 3. The fourth-order valence-electron chi connectivity index (χ4n) is 1.17. The Bertz CT molecular complexity index is 535. The molecule has 1 aromatic carbocycles. The van der Waals surface area contributed by atoms with Crippen LogP contribution in [0.25, 0.3) is 0 Å². The molecule has 0 aliphatic heterocycles. The van der Waals surface area contributed by atoms with Gasteiger partial charge < -0.3 is 14.2 Å². The SMILES string of the molecule is COC(=O)/C=C\C(=O)OCCC(=O)Oc1ccc(Br)cc1. The maximum absolute atomic E-state index is 11.5. The molecule has 6 nitrogen and oxygen atoms in total. The lowest BCUT2D eigenvalue weighted by Gasteiger charge is -2.04. The number of hydrogen-bond acceptors (Lipinski definition) is 6. The summed E-state index contributed by atoms with van der Waals surface area (Å²) in [7, 11) is 1.19. The van der Waals surface area contributed by atoms with Crippen molar-refractivity contribution in [2.24, 2.45) is 0 Å². The van der Waals surface area contributed by atoms with Crippen LogP contribution in [0.3, 0.4) is 0 Å². The molecule has 0 amide bonds. The minimum Gasteiger partial charge on any atom is -0.466 e. The summed E-state index contributed by atoms with van der Waals surface area (Å²) < 4.78 is 14.9. The molecule has 0 saturated carbocycles. The van der Waals surface area contributed by atoms with Crippen LogP contribution in [-0.2, 0) is 23.9 Å². The number of benzene rings is 1. The van der Waals surface area contributed by atoms with Gasteiger partial charge in [-0.2, -0.15) is 0 Å². The largest absolute Gasteiger partial charge is 0.466 e. The number of hydrogen-bond donors (Lipinski definition) is 0. The predicted octanol–water partition coefficient (Wildman–Crippen LogP) is 2.02. The van der Waals surface area contributed by atoms with E-state index in [0.29, 0.717) is 5.75 Å². The average molecular weight is 357 g/mol. The first-order valence-electron chi connectivity index (χ1n) is 5.90. The minimum absolute atomic E-state index is 0.0894. The molecule has 0 bridgehead atoms. The van der Waals surface area contributed by atoms with E-state index in [1.54, 1.807) is 24.3 Å². The van der Waals surface area contributed by atoms with E-state index in [1.165, 1.54) is 7.11 Å². The summed E-state index contributed by atoms with van der Waals surface area (Å²) in [6.45, 7) is -0.139. The summed E-state index contributed by atoms with van der Waals surface area (Å²) in [6, 6.07) is 6.74. The molecule has 0 N–H and O–H groups in total. The van der Waals surface area contributed by atoms with Gasteiger partial charge in [-0.25, -0.2) is 9.59 Å². The summed E-state index contributed by atoms with van der Waals surface area (Å²) in [5.74, 6) is -1.53. The second-order valence-corrected chi connectivity index (χ2v) is 4.62. The van der Waals surface area contributed by atoms with E-state index in [2.05, 4.69) is 20.7 Å². The maximum Gasteiger partial charge on any atom is 0.331 e. The predicted molar refractivity (Wildman–Crippen MR) is 76.5 cm³/mol. The molecule has 0 heterocycles. The van der Waals surface area contributed by atoms with E-state index < -0.39 is 17.9 Å². The first-order chi connectivity index (χ1) is 10.0. The van der Waals surface area contributed by atoms with Gasteiger partial charge in [0.1, 0.15) is 12.4 Å². The summed E-state index contributed by atoms with van der Waals surface area (Å²) in [4.78, 5) is 33.4. The summed E-state index contributed by atoms with van der Waals surface area (Å²) in [5, 5.41) is 0. The van der Waals surface area contributed by atoms with Crippen LogP contribution in [0.2, 0.25) is 0 Å². The average Bonchev–Trinajstić information content (AvgIpc) is 2.47. The quantitative estimate of drug-likeness (QED) is 0.440. The number of rotatable bonds is 6. The highest BCUT2D eigenvalue weighted by Gasteiger charge is 2.07. The van der Waals surface area contributed by atoms with Crippen molar-refractivity contribution in [3.05, 3.63) is 40.9 Å². The van der Waals surface area contributed by atoms with Gasteiger partial charge in [-0.3, -0.25) is 4.79 Å². The molecular formula is C14H13BrO6. The van der Waals surface area contributed by atoms with Gasteiger partial charge in [0.25, 0.3) is 0 Å². The molecule has 0 aliphatic carbocycles. The first kappa shape index (κ1) is 16.9. The van der Waals surface area contributed by atoms with Gasteiger partial charge in [0.15, 0.2) is 0 Å². The maximum atomic E-state index is 11.5. The number of carbonyl (C=O) groups excluding carboxylic acids is 3. The van der Waals surface area contributed by atoms with Gasteiger partial charge in [-0.05, 0) is 24.3 Å². The van der Waals surface area contributed by atoms with Crippen molar-refractivity contribution in [2.75, 3.05) is 13.7 Å². The van der Waals surface area contributed by atoms with Gasteiger partial charge in [-0.15, -0.1) is 0 Å². The van der Waals surface area contributed by atoms with Crippen LogP contribution >= 0.6 is 15.9 Å². The lowest BCUT2D eigenvalue weighted by Crippen LogP contribution is -2.13. The third kappa shape index (κ3) is 7.26. The van der Waals surface area contributed by atoms with Gasteiger partial charge in [0.2, 0.25) is 0 Å². The molecule has 112 valence electrons. The standard InChI is InChI=1S/C14H13BrO6/c1-19-12(16)6-7-13(17)20-9-8-14(18)21-11-4-2-10(15)3-5-11/h2-7H,8-9H2,1H3/b7-6-. The molecule has 1 rings (SSSR count). The van der Waals surface area contributed by atoms with E-state index in [0.717, 1.165) is 16.6 Å². The molecule has 7 heteroatoms. The van der Waals surface area contributed by atoms with Crippen molar-refractivity contribution in [1.82, 2.24) is 0 Å². The smallest absolute Gasteiger partial charge is 0.331 e. The number of esters is 3. The summed E-state index contributed by atoms with van der Waals surface area (Å²) in [6.07, 6.45) is 1.77. The molecular weight excluding hydrogens is 344 g/mol. The number of ether oxygens (including phenoxy) is 3. The van der Waals surface area contributed by atoms with Gasteiger partial charge in [0.05, 0.1) is 13.5 Å². The molecule has 0 aliphatic rings. The molecule has 0 spiro atoms. The third-order valence-corrected chi connectivity index (χ3v) is 2.68. The Hall–Kier alpha value is -2.15. The Balaban J connectivity index is 2.27. The van der Waals surface area contributed by atoms with Crippen LogP contribution < -0.4 is 4.74 Å². The zero-order valence-electron chi connectivity index (χ0n) is 11.2. The molecule has 0 fully saturated rings. The van der Waals surface area contributed by atoms with Crippen LogP contribution in [0.4, 0.5) is 0 Å². The lowest BCUT2D eigenvalue weighted by molar-refractivity contribution is -0.142. The van der Waals surface area contributed by atoms with Gasteiger partial charge in [-0.1, -0.05) is 15.9 Å². The van der Waals surface area contributed by atoms with Crippen molar-refractivity contribution in [3.8, 4) is 5.75 Å². The number of halogens is 1. The van der Waals surface area contributed by atoms with E-state index in [9.17, 15) is 14.4 Å². The Morgan fingerprint density at radius 1 is 1.10 bits per heavy atom. The monoisotopic (exact) mass is 356 g/mol. The highest BCUT2D eigenvalue weighted by molar-refractivity contribution is 9.10. The first-order valence-corrected chi connectivity index (χ1v) is 6.69. The van der Waals surface area contributed by atoms with E-state index in [-0.39, 0.29) is 13.0 Å². The van der Waals surface area contributed by atoms with Crippen molar-refractivity contribution in [1.29, 1.82) is 0 Å². The second-order valence-electron chi connectivity index (χ2n) is 3.70. The van der Waals surface area contributed by atoms with Crippen molar-refractivity contribution >= 4 is 33.8 Å². The fourth-order valence-corrected chi connectivity index (χ4v) is 1.44. The van der Waals surface area contributed by atoms with E-state index in [4.69, 9.17) is 9.47 Å². The van der Waals surface area contributed by atoms with Gasteiger partial charge in [0, 0.05) is 16.6 Å². The highest BCUT2D eigenvalue weighted by Crippen LogP contribution is 2.16. The van der Waals surface area contributed by atoms with E-state index >= 15 is 0 Å². The minimum atomic E-state index is -0.739. The Morgan fingerprint density at radius 3 is 2.33 bits per heavy atom. The fraction of sp³-hybridized carbons (Fsp3) is 0.214. The topological polar surface area (TPSA) is 78.9 Å². The van der Waals surface area contributed by atoms with Crippen LogP contribution in [0, 0.1) is 0 Å². The lowest BCUT2D eigenvalue weighted by atomic mass is 10.3. The Kier molecular flexibility index (Phi) is 7.17. The zero-order chi connectivity index (χ0) is 15.7. The summed E-state index contributed by atoms with van der Waals surface area (Å²) in [5.41, 5.74) is 0. The second kappa shape index (κ2) is 8.91. The molecule has 0 unspecified atom stereocenters. The molecule has 0 atom stereocenters. The normalized spacial score (nSPS) is 10.2. The summed E-state index contributed by atoms with van der Waals surface area (Å²) >= 11 is 3.26. The van der Waals surface area contributed by atoms with Crippen LogP contribution in [0.1, 0.15) is 6.42 Å². The van der Waals surface area contributed by atoms with Crippen molar-refractivity contribution in [3.63, 3.8) is 0 Å².